The smallest absolute Gasteiger partial charge is 0.321 e. The highest BCUT2D eigenvalue weighted by molar-refractivity contribution is 5.89. The Labute approximate surface area is 167 Å². The summed E-state index contributed by atoms with van der Waals surface area (Å²) in [7, 11) is 0. The van der Waals surface area contributed by atoms with E-state index < -0.39 is 0 Å². The average molecular weight is 393 g/mol. The molecule has 1 aliphatic heterocycles. The molecule has 2 N–H and O–H groups in total. The van der Waals surface area contributed by atoms with E-state index in [1.165, 1.54) is 12.1 Å². The molecule has 0 aliphatic carbocycles. The van der Waals surface area contributed by atoms with Gasteiger partial charge >= 0.3 is 6.03 Å². The fourth-order valence-electron chi connectivity index (χ4n) is 3.02. The second kappa shape index (κ2) is 8.51. The Morgan fingerprint density at radius 1 is 0.931 bits per heavy atom. The second-order valence-electron chi connectivity index (χ2n) is 6.55. The summed E-state index contributed by atoms with van der Waals surface area (Å²) in [6.45, 7) is 2.43. The fourth-order valence-corrected chi connectivity index (χ4v) is 3.02. The Balaban J connectivity index is 1.30. The number of amides is 2. The van der Waals surface area contributed by atoms with E-state index in [9.17, 15) is 9.18 Å². The van der Waals surface area contributed by atoms with Gasteiger partial charge in [0.15, 0.2) is 11.6 Å². The molecule has 0 spiro atoms. The minimum absolute atomic E-state index is 0.196. The van der Waals surface area contributed by atoms with Crippen molar-refractivity contribution in [3.05, 3.63) is 66.7 Å². The van der Waals surface area contributed by atoms with Gasteiger partial charge in [0.05, 0.1) is 11.9 Å². The predicted octanol–water partition coefficient (Wildman–Crippen LogP) is 3.11. The summed E-state index contributed by atoms with van der Waals surface area (Å²) in [5.74, 6) is 1.07. The standard InChI is InChI=1S/C20H20FN7O/c21-15-3-5-16(6-4-15)24-20(29)28-12-10-27(11-13-28)19-8-7-18(25-26-19)23-17-2-1-9-22-14-17/h1-9,14H,10-13H2,(H,23,25)(H,24,29). The van der Waals surface area contributed by atoms with Crippen LogP contribution in [0.5, 0.6) is 0 Å². The van der Waals surface area contributed by atoms with E-state index in [1.54, 1.807) is 29.4 Å². The first-order chi connectivity index (χ1) is 14.2. The molecular formula is C20H20FN7O. The first kappa shape index (κ1) is 18.6. The van der Waals surface area contributed by atoms with Crippen molar-refractivity contribution in [1.29, 1.82) is 0 Å². The molecule has 2 aromatic heterocycles. The molecule has 2 amide bonds. The number of carbonyl (C=O) groups is 1. The van der Waals surface area contributed by atoms with Crippen molar-refractivity contribution in [2.75, 3.05) is 41.7 Å². The van der Waals surface area contributed by atoms with Crippen LogP contribution in [0.15, 0.2) is 60.9 Å². The normalized spacial score (nSPS) is 13.8. The van der Waals surface area contributed by atoms with Crippen molar-refractivity contribution in [3.8, 4) is 0 Å². The van der Waals surface area contributed by atoms with Gasteiger partial charge in [-0.3, -0.25) is 4.98 Å². The van der Waals surface area contributed by atoms with Gasteiger partial charge in [0.2, 0.25) is 0 Å². The number of rotatable bonds is 4. The summed E-state index contributed by atoms with van der Waals surface area (Å²) in [6.07, 6.45) is 3.42. The summed E-state index contributed by atoms with van der Waals surface area (Å²) in [5.41, 5.74) is 1.41. The fraction of sp³-hybridized carbons (Fsp3) is 0.200. The number of hydrogen-bond donors (Lipinski definition) is 2. The quantitative estimate of drug-likeness (QED) is 0.708. The topological polar surface area (TPSA) is 86.3 Å². The SMILES string of the molecule is O=C(Nc1ccc(F)cc1)N1CCN(c2ccc(Nc3cccnc3)nn2)CC1. The third kappa shape index (κ3) is 4.75. The summed E-state index contributed by atoms with van der Waals surface area (Å²) in [4.78, 5) is 20.2. The van der Waals surface area contributed by atoms with Crippen LogP contribution in [0.4, 0.5) is 32.2 Å². The van der Waals surface area contributed by atoms with Crippen LogP contribution in [0.1, 0.15) is 0 Å². The number of halogens is 1. The van der Waals surface area contributed by atoms with Gasteiger partial charge in [-0.05, 0) is 48.5 Å². The van der Waals surface area contributed by atoms with Gasteiger partial charge in [0.25, 0.3) is 0 Å². The lowest BCUT2D eigenvalue weighted by molar-refractivity contribution is 0.208. The molecule has 0 radical (unpaired) electrons. The van der Waals surface area contributed by atoms with E-state index in [2.05, 4.69) is 30.7 Å². The van der Waals surface area contributed by atoms with Crippen LogP contribution in [-0.4, -0.2) is 52.3 Å². The first-order valence-electron chi connectivity index (χ1n) is 9.24. The Morgan fingerprint density at radius 3 is 2.38 bits per heavy atom. The molecule has 3 heterocycles. The Morgan fingerprint density at radius 2 is 1.72 bits per heavy atom. The number of anilines is 4. The van der Waals surface area contributed by atoms with Gasteiger partial charge in [0.1, 0.15) is 5.82 Å². The number of pyridine rings is 1. The van der Waals surface area contributed by atoms with Crippen molar-refractivity contribution in [3.63, 3.8) is 0 Å². The number of nitrogens with zero attached hydrogens (tertiary/aromatic N) is 5. The maximum atomic E-state index is 13.0. The third-order valence-corrected chi connectivity index (χ3v) is 4.57. The molecule has 1 fully saturated rings. The van der Waals surface area contributed by atoms with E-state index >= 15 is 0 Å². The van der Waals surface area contributed by atoms with Crippen LogP contribution in [-0.2, 0) is 0 Å². The molecule has 1 aromatic carbocycles. The lowest BCUT2D eigenvalue weighted by Crippen LogP contribution is -2.50. The van der Waals surface area contributed by atoms with E-state index in [4.69, 9.17) is 0 Å². The van der Waals surface area contributed by atoms with E-state index in [0.717, 1.165) is 11.5 Å². The Hall–Kier alpha value is -3.75. The van der Waals surface area contributed by atoms with Crippen LogP contribution in [0.2, 0.25) is 0 Å². The molecule has 148 valence electrons. The molecule has 0 atom stereocenters. The molecule has 4 rings (SSSR count). The van der Waals surface area contributed by atoms with Gasteiger partial charge < -0.3 is 20.4 Å². The predicted molar refractivity (Wildman–Crippen MR) is 109 cm³/mol. The molecule has 0 saturated carbocycles. The minimum atomic E-state index is -0.334. The van der Waals surface area contributed by atoms with Gasteiger partial charge in [0, 0.05) is 38.1 Å². The summed E-state index contributed by atoms with van der Waals surface area (Å²) in [5, 5.41) is 14.4. The summed E-state index contributed by atoms with van der Waals surface area (Å²) < 4.78 is 13.0. The molecule has 1 aliphatic rings. The third-order valence-electron chi connectivity index (χ3n) is 4.57. The van der Waals surface area contributed by atoms with Crippen LogP contribution < -0.4 is 15.5 Å². The maximum Gasteiger partial charge on any atom is 0.321 e. The molecule has 8 nitrogen and oxygen atoms in total. The number of carbonyl (C=O) groups excluding carboxylic acids is 1. The zero-order chi connectivity index (χ0) is 20.1. The van der Waals surface area contributed by atoms with Crippen LogP contribution in [0.3, 0.4) is 0 Å². The molecular weight excluding hydrogens is 373 g/mol. The second-order valence-corrected chi connectivity index (χ2v) is 6.55. The molecule has 0 bridgehead atoms. The molecule has 0 unspecified atom stereocenters. The summed E-state index contributed by atoms with van der Waals surface area (Å²) >= 11 is 0. The molecule has 9 heteroatoms. The monoisotopic (exact) mass is 393 g/mol. The minimum Gasteiger partial charge on any atom is -0.352 e. The highest BCUT2D eigenvalue weighted by Crippen LogP contribution is 2.17. The largest absolute Gasteiger partial charge is 0.352 e. The molecule has 29 heavy (non-hydrogen) atoms. The van der Waals surface area contributed by atoms with Gasteiger partial charge in [-0.2, -0.15) is 0 Å². The van der Waals surface area contributed by atoms with Crippen LogP contribution in [0.25, 0.3) is 0 Å². The zero-order valence-electron chi connectivity index (χ0n) is 15.6. The lowest BCUT2D eigenvalue weighted by atomic mass is 10.3. The molecule has 1 saturated heterocycles. The zero-order valence-corrected chi connectivity index (χ0v) is 15.6. The van der Waals surface area contributed by atoms with Crippen molar-refractivity contribution in [2.24, 2.45) is 0 Å². The average Bonchev–Trinajstić information content (AvgIpc) is 2.77. The summed E-state index contributed by atoms with van der Waals surface area (Å²) in [6, 6.07) is 13.0. The van der Waals surface area contributed by atoms with Crippen molar-refractivity contribution in [2.45, 2.75) is 0 Å². The van der Waals surface area contributed by atoms with Gasteiger partial charge in [-0.1, -0.05) is 0 Å². The Kier molecular flexibility index (Phi) is 5.46. The van der Waals surface area contributed by atoms with E-state index in [1.807, 2.05) is 24.3 Å². The van der Waals surface area contributed by atoms with Gasteiger partial charge in [-0.15, -0.1) is 10.2 Å². The maximum absolute atomic E-state index is 13.0. The van der Waals surface area contributed by atoms with Crippen molar-refractivity contribution >= 4 is 29.0 Å². The van der Waals surface area contributed by atoms with Crippen LogP contribution in [0, 0.1) is 5.82 Å². The van der Waals surface area contributed by atoms with Crippen LogP contribution >= 0.6 is 0 Å². The Bertz CT molecular complexity index is 943. The number of hydrogen-bond acceptors (Lipinski definition) is 6. The van der Waals surface area contributed by atoms with E-state index in [0.29, 0.717) is 37.7 Å². The number of piperazine rings is 1. The van der Waals surface area contributed by atoms with E-state index in [-0.39, 0.29) is 11.8 Å². The lowest BCUT2D eigenvalue weighted by Gasteiger charge is -2.35. The number of urea groups is 1. The van der Waals surface area contributed by atoms with Gasteiger partial charge in [-0.25, -0.2) is 9.18 Å². The number of aromatic nitrogens is 3. The number of nitrogens with one attached hydrogen (secondary N) is 2. The highest BCUT2D eigenvalue weighted by atomic mass is 19.1. The van der Waals surface area contributed by atoms with Crippen molar-refractivity contribution < 1.29 is 9.18 Å². The van der Waals surface area contributed by atoms with Crippen molar-refractivity contribution in [1.82, 2.24) is 20.1 Å². The highest BCUT2D eigenvalue weighted by Gasteiger charge is 2.22. The number of benzene rings is 1. The molecule has 3 aromatic rings. The first-order valence-corrected chi connectivity index (χ1v) is 9.24.